The van der Waals surface area contributed by atoms with Gasteiger partial charge in [0.05, 0.1) is 23.7 Å². The van der Waals surface area contributed by atoms with Gasteiger partial charge >= 0.3 is 0 Å². The fraction of sp³-hybridized carbons (Fsp3) is 0.600. The molecule has 0 spiro atoms. The molecule has 6 nitrogen and oxygen atoms in total. The Morgan fingerprint density at radius 3 is 2.67 bits per heavy atom. The van der Waals surface area contributed by atoms with Crippen molar-refractivity contribution in [3.63, 3.8) is 0 Å². The van der Waals surface area contributed by atoms with Gasteiger partial charge in [-0.2, -0.15) is 0 Å². The molecule has 0 aromatic heterocycles. The number of nitrogens with one attached hydrogen (secondary N) is 1. The summed E-state index contributed by atoms with van der Waals surface area (Å²) in [6.07, 6.45) is 0.0487. The van der Waals surface area contributed by atoms with Crippen LogP contribution in [0.25, 0.3) is 0 Å². The van der Waals surface area contributed by atoms with Crippen molar-refractivity contribution in [3.8, 4) is 0 Å². The maximum atomic E-state index is 10.8. The quantitative estimate of drug-likeness (QED) is 0.664. The Kier molecular flexibility index (Phi) is 5.27. The lowest BCUT2D eigenvalue weighted by Crippen LogP contribution is -2.48. The van der Waals surface area contributed by atoms with Crippen LogP contribution in [0.2, 0.25) is 0 Å². The zero-order valence-electron chi connectivity index (χ0n) is 12.8. The zero-order chi connectivity index (χ0) is 15.4. The maximum Gasteiger partial charge on any atom is 0.269 e. The minimum Gasteiger partial charge on any atom is -0.374 e. The average Bonchev–Trinajstić information content (AvgIpc) is 2.45. The summed E-state index contributed by atoms with van der Waals surface area (Å²) in [5, 5.41) is 14.2. The van der Waals surface area contributed by atoms with Crippen molar-refractivity contribution in [2.24, 2.45) is 0 Å². The van der Waals surface area contributed by atoms with Crippen LogP contribution in [-0.2, 0) is 4.74 Å². The van der Waals surface area contributed by atoms with E-state index >= 15 is 0 Å². The SMILES string of the molecule is CC(C)NCC1OCCN(C)C1c1ccc([N+](=O)[O-])cc1. The van der Waals surface area contributed by atoms with Crippen molar-refractivity contribution in [2.45, 2.75) is 32.0 Å². The van der Waals surface area contributed by atoms with Crippen molar-refractivity contribution in [3.05, 3.63) is 39.9 Å². The Hall–Kier alpha value is -1.50. The topological polar surface area (TPSA) is 67.6 Å². The highest BCUT2D eigenvalue weighted by molar-refractivity contribution is 5.34. The molecule has 1 fully saturated rings. The number of ether oxygens (including phenoxy) is 1. The van der Waals surface area contributed by atoms with Gasteiger partial charge in [0.1, 0.15) is 0 Å². The molecule has 1 saturated heterocycles. The van der Waals surface area contributed by atoms with Gasteiger partial charge in [0, 0.05) is 31.3 Å². The van der Waals surface area contributed by atoms with Gasteiger partial charge in [-0.25, -0.2) is 0 Å². The van der Waals surface area contributed by atoms with E-state index in [1.54, 1.807) is 12.1 Å². The van der Waals surface area contributed by atoms with Crippen molar-refractivity contribution < 1.29 is 9.66 Å². The van der Waals surface area contributed by atoms with Crippen molar-refractivity contribution >= 4 is 5.69 Å². The van der Waals surface area contributed by atoms with Gasteiger partial charge in [-0.15, -0.1) is 0 Å². The molecule has 1 aliphatic rings. The van der Waals surface area contributed by atoms with Crippen LogP contribution < -0.4 is 5.32 Å². The third-order valence-electron chi connectivity index (χ3n) is 3.78. The minimum atomic E-state index is -0.372. The predicted molar refractivity (Wildman–Crippen MR) is 81.3 cm³/mol. The highest BCUT2D eigenvalue weighted by Gasteiger charge is 2.31. The van der Waals surface area contributed by atoms with Gasteiger partial charge < -0.3 is 10.1 Å². The van der Waals surface area contributed by atoms with Gasteiger partial charge in [0.2, 0.25) is 0 Å². The number of benzene rings is 1. The molecule has 1 N–H and O–H groups in total. The second-order valence-corrected chi connectivity index (χ2v) is 5.75. The first-order chi connectivity index (χ1) is 9.99. The van der Waals surface area contributed by atoms with Crippen LogP contribution in [0.1, 0.15) is 25.5 Å². The number of hydrogen-bond donors (Lipinski definition) is 1. The summed E-state index contributed by atoms with van der Waals surface area (Å²) in [6, 6.07) is 7.30. The first-order valence-electron chi connectivity index (χ1n) is 7.28. The average molecular weight is 293 g/mol. The lowest BCUT2D eigenvalue weighted by atomic mass is 9.98. The third kappa shape index (κ3) is 4.00. The molecule has 0 amide bonds. The summed E-state index contributed by atoms with van der Waals surface area (Å²) < 4.78 is 5.91. The normalized spacial score (nSPS) is 23.4. The first-order valence-corrected chi connectivity index (χ1v) is 7.28. The molecule has 0 radical (unpaired) electrons. The summed E-state index contributed by atoms with van der Waals surface area (Å²) in [7, 11) is 2.07. The van der Waals surface area contributed by atoms with E-state index in [1.807, 2.05) is 12.1 Å². The van der Waals surface area contributed by atoms with Crippen LogP contribution in [0.5, 0.6) is 0 Å². The summed E-state index contributed by atoms with van der Waals surface area (Å²) in [6.45, 7) is 6.55. The van der Waals surface area contributed by atoms with Crippen LogP contribution >= 0.6 is 0 Å². The predicted octanol–water partition coefficient (Wildman–Crippen LogP) is 1.96. The number of rotatable bonds is 5. The van der Waals surface area contributed by atoms with Gasteiger partial charge in [0.15, 0.2) is 0 Å². The second kappa shape index (κ2) is 6.98. The van der Waals surface area contributed by atoms with Gasteiger partial charge in [-0.05, 0) is 12.6 Å². The Labute approximate surface area is 125 Å². The van der Waals surface area contributed by atoms with E-state index in [2.05, 4.69) is 31.1 Å². The fourth-order valence-corrected chi connectivity index (χ4v) is 2.65. The monoisotopic (exact) mass is 293 g/mol. The second-order valence-electron chi connectivity index (χ2n) is 5.75. The molecule has 2 rings (SSSR count). The van der Waals surface area contributed by atoms with E-state index in [-0.39, 0.29) is 22.8 Å². The molecular weight excluding hydrogens is 270 g/mol. The fourth-order valence-electron chi connectivity index (χ4n) is 2.65. The molecule has 1 aromatic carbocycles. The summed E-state index contributed by atoms with van der Waals surface area (Å²) in [5.41, 5.74) is 1.17. The van der Waals surface area contributed by atoms with Crippen molar-refractivity contribution in [1.82, 2.24) is 10.2 Å². The molecule has 2 atom stereocenters. The van der Waals surface area contributed by atoms with Crippen LogP contribution in [0, 0.1) is 10.1 Å². The van der Waals surface area contributed by atoms with Crippen molar-refractivity contribution in [1.29, 1.82) is 0 Å². The molecule has 1 heterocycles. The van der Waals surface area contributed by atoms with E-state index < -0.39 is 0 Å². The van der Waals surface area contributed by atoms with Crippen LogP contribution in [0.15, 0.2) is 24.3 Å². The van der Waals surface area contributed by atoms with E-state index in [9.17, 15) is 10.1 Å². The number of nitro benzene ring substituents is 1. The summed E-state index contributed by atoms with van der Waals surface area (Å²) in [5.74, 6) is 0. The zero-order valence-corrected chi connectivity index (χ0v) is 12.8. The lowest BCUT2D eigenvalue weighted by Gasteiger charge is -2.39. The largest absolute Gasteiger partial charge is 0.374 e. The van der Waals surface area contributed by atoms with Gasteiger partial charge in [-0.1, -0.05) is 26.0 Å². The Morgan fingerprint density at radius 2 is 2.10 bits per heavy atom. The van der Waals surface area contributed by atoms with Gasteiger partial charge in [0.25, 0.3) is 5.69 Å². The number of likely N-dealkylation sites (N-methyl/N-ethyl adjacent to an activating group) is 1. The highest BCUT2D eigenvalue weighted by atomic mass is 16.6. The van der Waals surface area contributed by atoms with E-state index in [0.717, 1.165) is 18.7 Å². The number of nitro groups is 1. The molecular formula is C15H23N3O3. The lowest BCUT2D eigenvalue weighted by molar-refractivity contribution is -0.384. The molecule has 6 heteroatoms. The maximum absolute atomic E-state index is 10.8. The summed E-state index contributed by atoms with van der Waals surface area (Å²) >= 11 is 0. The molecule has 116 valence electrons. The Bertz CT molecular complexity index is 476. The number of hydrogen-bond acceptors (Lipinski definition) is 5. The van der Waals surface area contributed by atoms with Crippen LogP contribution in [0.3, 0.4) is 0 Å². The van der Waals surface area contributed by atoms with Crippen LogP contribution in [0.4, 0.5) is 5.69 Å². The van der Waals surface area contributed by atoms with E-state index in [4.69, 9.17) is 4.74 Å². The molecule has 0 bridgehead atoms. The number of nitrogens with zero attached hydrogens (tertiary/aromatic N) is 2. The smallest absolute Gasteiger partial charge is 0.269 e. The molecule has 0 aliphatic carbocycles. The molecule has 2 unspecified atom stereocenters. The highest BCUT2D eigenvalue weighted by Crippen LogP contribution is 2.29. The van der Waals surface area contributed by atoms with Crippen LogP contribution in [-0.4, -0.2) is 48.7 Å². The standard InChI is InChI=1S/C15H23N3O3/c1-11(2)16-10-14-15(17(3)8-9-21-14)12-4-6-13(7-5-12)18(19)20/h4-7,11,14-16H,8-10H2,1-3H3. The van der Waals surface area contributed by atoms with Crippen molar-refractivity contribution in [2.75, 3.05) is 26.7 Å². The Morgan fingerprint density at radius 1 is 1.43 bits per heavy atom. The van der Waals surface area contributed by atoms with E-state index in [0.29, 0.717) is 12.6 Å². The van der Waals surface area contributed by atoms with Gasteiger partial charge in [-0.3, -0.25) is 15.0 Å². The molecule has 0 saturated carbocycles. The third-order valence-corrected chi connectivity index (χ3v) is 3.78. The minimum absolute atomic E-state index is 0.0487. The molecule has 1 aliphatic heterocycles. The summed E-state index contributed by atoms with van der Waals surface area (Å²) in [4.78, 5) is 12.6. The molecule has 21 heavy (non-hydrogen) atoms. The first kappa shape index (κ1) is 15.9. The Balaban J connectivity index is 2.16. The number of non-ortho nitro benzene ring substituents is 1. The number of morpholine rings is 1. The van der Waals surface area contributed by atoms with E-state index in [1.165, 1.54) is 0 Å². The molecule has 1 aromatic rings.